The molecule has 0 heterocycles. The predicted octanol–water partition coefficient (Wildman–Crippen LogP) is 12.2. The Morgan fingerprint density at radius 3 is 1.13 bits per heavy atom. The first-order valence-corrected chi connectivity index (χ1v) is 24.5. The van der Waals surface area contributed by atoms with E-state index in [0.717, 1.165) is 38.5 Å². The molecule has 0 amide bonds. The lowest BCUT2D eigenvalue weighted by molar-refractivity contribution is -0.161. The number of phosphoric acid groups is 1. The highest BCUT2D eigenvalue weighted by atomic mass is 31.2. The normalized spacial score (nSPS) is 13.8. The summed E-state index contributed by atoms with van der Waals surface area (Å²) in [5, 5.41) is 18.3. The fourth-order valence-electron chi connectivity index (χ4n) is 6.70. The number of carbonyl (C=O) groups is 2. The molecule has 0 aromatic heterocycles. The summed E-state index contributed by atoms with van der Waals surface area (Å²) in [5.74, 6) is -0.909. The van der Waals surface area contributed by atoms with Gasteiger partial charge in [0.05, 0.1) is 19.8 Å². The van der Waals surface area contributed by atoms with Gasteiger partial charge < -0.3 is 24.6 Å². The van der Waals surface area contributed by atoms with E-state index in [0.29, 0.717) is 12.8 Å². The van der Waals surface area contributed by atoms with Crippen LogP contribution in [0.3, 0.4) is 0 Å². The molecule has 0 radical (unpaired) electrons. The summed E-state index contributed by atoms with van der Waals surface area (Å²) in [6, 6.07) is 0. The second-order valence-corrected chi connectivity index (χ2v) is 17.3. The van der Waals surface area contributed by atoms with Gasteiger partial charge >= 0.3 is 19.8 Å². The number of ether oxygens (including phenoxy) is 2. The number of hydrogen-bond donors (Lipinski definition) is 3. The number of carbonyl (C=O) groups excluding carboxylic acids is 2. The first-order chi connectivity index (χ1) is 26.7. The zero-order valence-electron chi connectivity index (χ0n) is 35.7. The summed E-state index contributed by atoms with van der Waals surface area (Å²) in [4.78, 5) is 35.0. The van der Waals surface area contributed by atoms with Gasteiger partial charge in [0.1, 0.15) is 12.7 Å². The molecule has 55 heavy (non-hydrogen) atoms. The van der Waals surface area contributed by atoms with Crippen molar-refractivity contribution in [2.24, 2.45) is 0 Å². The Hall–Kier alpha value is -1.03. The van der Waals surface area contributed by atoms with E-state index >= 15 is 0 Å². The van der Waals surface area contributed by atoms with Gasteiger partial charge in [0.2, 0.25) is 0 Å². The third-order valence-corrected chi connectivity index (χ3v) is 11.2. The van der Waals surface area contributed by atoms with Gasteiger partial charge in [-0.05, 0) is 12.8 Å². The topological polar surface area (TPSA) is 149 Å². The van der Waals surface area contributed by atoms with Crippen LogP contribution in [-0.2, 0) is 32.7 Å². The fraction of sp³-hybridized carbons (Fsp3) is 0.955. The third-order valence-electron chi connectivity index (χ3n) is 10.3. The summed E-state index contributed by atoms with van der Waals surface area (Å²) in [5.41, 5.74) is 0. The molecule has 0 bridgehead atoms. The van der Waals surface area contributed by atoms with Crippen molar-refractivity contribution in [1.29, 1.82) is 0 Å². The van der Waals surface area contributed by atoms with Crippen LogP contribution in [0.2, 0.25) is 0 Å². The van der Waals surface area contributed by atoms with Crippen molar-refractivity contribution in [3.8, 4) is 0 Å². The molecule has 3 unspecified atom stereocenters. The van der Waals surface area contributed by atoms with Crippen molar-refractivity contribution in [1.82, 2.24) is 0 Å². The average Bonchev–Trinajstić information content (AvgIpc) is 3.17. The van der Waals surface area contributed by atoms with Crippen LogP contribution in [0.25, 0.3) is 0 Å². The van der Waals surface area contributed by atoms with Crippen LogP contribution in [0.5, 0.6) is 0 Å². The molecule has 0 saturated heterocycles. The number of esters is 2. The maximum atomic E-state index is 12.6. The molecule has 10 nitrogen and oxygen atoms in total. The van der Waals surface area contributed by atoms with Gasteiger partial charge in [-0.1, -0.05) is 206 Å². The second kappa shape index (κ2) is 41.1. The van der Waals surface area contributed by atoms with Gasteiger partial charge in [0, 0.05) is 12.8 Å². The molecule has 3 N–H and O–H groups in total. The van der Waals surface area contributed by atoms with E-state index in [1.54, 1.807) is 0 Å². The minimum absolute atomic E-state index is 0.193. The predicted molar refractivity (Wildman–Crippen MR) is 224 cm³/mol. The minimum Gasteiger partial charge on any atom is -0.462 e. The first kappa shape index (κ1) is 54.0. The molecular weight excluding hydrogens is 719 g/mol. The van der Waals surface area contributed by atoms with Gasteiger partial charge in [-0.25, -0.2) is 4.57 Å². The number of hydrogen-bond acceptors (Lipinski definition) is 9. The van der Waals surface area contributed by atoms with Crippen molar-refractivity contribution >= 4 is 19.8 Å². The Balaban J connectivity index is 4.14. The SMILES string of the molecule is CCCCCCCCCCCCCCCCCCCCCCCC(=O)OC(COC(=O)CCCCCCCCCCCCC)COP(=O)(O)OCC(O)CO. The Kier molecular flexibility index (Phi) is 40.4. The van der Waals surface area contributed by atoms with Crippen molar-refractivity contribution in [2.75, 3.05) is 26.4 Å². The summed E-state index contributed by atoms with van der Waals surface area (Å²) >= 11 is 0. The number of aliphatic hydroxyl groups excluding tert-OH is 2. The number of rotatable bonds is 44. The summed E-state index contributed by atoms with van der Waals surface area (Å²) in [6.45, 7) is 2.41. The van der Waals surface area contributed by atoms with E-state index in [2.05, 4.69) is 13.8 Å². The smallest absolute Gasteiger partial charge is 0.462 e. The monoisotopic (exact) mass is 807 g/mol. The van der Waals surface area contributed by atoms with E-state index < -0.39 is 51.8 Å². The highest BCUT2D eigenvalue weighted by Gasteiger charge is 2.27. The maximum absolute atomic E-state index is 12.6. The molecule has 0 aliphatic carbocycles. The molecule has 0 aromatic carbocycles. The Bertz CT molecular complexity index is 889. The molecule has 0 spiro atoms. The van der Waals surface area contributed by atoms with Crippen LogP contribution >= 0.6 is 7.82 Å². The minimum atomic E-state index is -4.61. The van der Waals surface area contributed by atoms with Crippen LogP contribution in [0.4, 0.5) is 0 Å². The Labute approximate surface area is 337 Å². The van der Waals surface area contributed by atoms with Crippen LogP contribution in [0, 0.1) is 0 Å². The fourth-order valence-corrected chi connectivity index (χ4v) is 7.49. The maximum Gasteiger partial charge on any atom is 0.472 e. The van der Waals surface area contributed by atoms with Gasteiger partial charge in [-0.15, -0.1) is 0 Å². The van der Waals surface area contributed by atoms with Crippen molar-refractivity contribution in [3.63, 3.8) is 0 Å². The molecule has 328 valence electrons. The zero-order valence-corrected chi connectivity index (χ0v) is 36.6. The van der Waals surface area contributed by atoms with Crippen LogP contribution in [0.15, 0.2) is 0 Å². The number of aliphatic hydroxyl groups is 2. The number of phosphoric ester groups is 1. The molecule has 0 fully saturated rings. The quantitative estimate of drug-likeness (QED) is 0.0308. The molecule has 0 saturated carbocycles. The Morgan fingerprint density at radius 1 is 0.473 bits per heavy atom. The molecular formula is C44H87O10P. The molecule has 11 heteroatoms. The molecule has 0 aromatic rings. The van der Waals surface area contributed by atoms with Gasteiger partial charge in [-0.3, -0.25) is 18.6 Å². The summed E-state index contributed by atoms with van der Waals surface area (Å²) in [7, 11) is -4.61. The molecule has 3 atom stereocenters. The largest absolute Gasteiger partial charge is 0.472 e. The average molecular weight is 807 g/mol. The molecule has 0 aliphatic heterocycles. The van der Waals surface area contributed by atoms with Crippen molar-refractivity contribution in [3.05, 3.63) is 0 Å². The third kappa shape index (κ3) is 40.9. The number of unbranched alkanes of at least 4 members (excludes halogenated alkanes) is 30. The van der Waals surface area contributed by atoms with Gasteiger partial charge in [0.15, 0.2) is 6.10 Å². The molecule has 0 rings (SSSR count). The van der Waals surface area contributed by atoms with Crippen LogP contribution in [-0.4, -0.2) is 65.7 Å². The van der Waals surface area contributed by atoms with Crippen LogP contribution < -0.4 is 0 Å². The molecule has 0 aliphatic rings. The standard InChI is InChI=1S/C44H87O10P/c1-3-5-7-9-11-13-15-16-17-18-19-20-21-22-23-24-26-28-30-32-34-36-44(48)54-42(40-53-55(49,50)52-38-41(46)37-45)39-51-43(47)35-33-31-29-27-25-14-12-10-8-6-4-2/h41-42,45-46H,3-40H2,1-2H3,(H,49,50). The van der Waals surface area contributed by atoms with E-state index in [4.69, 9.17) is 23.6 Å². The van der Waals surface area contributed by atoms with E-state index in [9.17, 15) is 24.2 Å². The highest BCUT2D eigenvalue weighted by Crippen LogP contribution is 2.43. The summed E-state index contributed by atoms with van der Waals surface area (Å²) < 4.78 is 32.7. The lowest BCUT2D eigenvalue weighted by Crippen LogP contribution is -2.29. The van der Waals surface area contributed by atoms with Crippen LogP contribution in [0.1, 0.15) is 232 Å². The first-order valence-electron chi connectivity index (χ1n) is 23.0. The van der Waals surface area contributed by atoms with E-state index in [1.807, 2.05) is 0 Å². The van der Waals surface area contributed by atoms with Crippen molar-refractivity contribution < 1.29 is 47.8 Å². The highest BCUT2D eigenvalue weighted by molar-refractivity contribution is 7.47. The Morgan fingerprint density at radius 2 is 0.782 bits per heavy atom. The zero-order chi connectivity index (χ0) is 40.5. The summed E-state index contributed by atoms with van der Waals surface area (Å²) in [6.07, 6.45) is 37.9. The lowest BCUT2D eigenvalue weighted by atomic mass is 10.0. The second-order valence-electron chi connectivity index (χ2n) is 15.8. The van der Waals surface area contributed by atoms with Gasteiger partial charge in [0.25, 0.3) is 0 Å². The van der Waals surface area contributed by atoms with E-state index in [-0.39, 0.29) is 19.4 Å². The van der Waals surface area contributed by atoms with Gasteiger partial charge in [-0.2, -0.15) is 0 Å². The van der Waals surface area contributed by atoms with E-state index in [1.165, 1.54) is 154 Å². The lowest BCUT2D eigenvalue weighted by Gasteiger charge is -2.20. The van der Waals surface area contributed by atoms with Crippen molar-refractivity contribution in [2.45, 2.75) is 244 Å².